The van der Waals surface area contributed by atoms with Crippen molar-refractivity contribution < 1.29 is 14.7 Å². The van der Waals surface area contributed by atoms with Gasteiger partial charge in [0.1, 0.15) is 0 Å². The molecule has 0 heterocycles. The summed E-state index contributed by atoms with van der Waals surface area (Å²) in [6.45, 7) is 9.62. The maximum Gasteiger partial charge on any atom is 0.309 e. The van der Waals surface area contributed by atoms with E-state index in [-0.39, 0.29) is 12.3 Å². The van der Waals surface area contributed by atoms with Crippen molar-refractivity contribution in [1.29, 1.82) is 0 Å². The number of hydrogen-bond donors (Lipinski definition) is 2. The first-order chi connectivity index (χ1) is 9.13. The molecule has 0 saturated heterocycles. The summed E-state index contributed by atoms with van der Waals surface area (Å²) >= 11 is 0. The third-order valence-electron chi connectivity index (χ3n) is 3.48. The second-order valence-corrected chi connectivity index (χ2v) is 6.02. The van der Waals surface area contributed by atoms with Crippen molar-refractivity contribution in [3.63, 3.8) is 0 Å². The molecule has 0 spiro atoms. The highest BCUT2D eigenvalue weighted by Gasteiger charge is 2.30. The Morgan fingerprint density at radius 1 is 1.15 bits per heavy atom. The average molecular weight is 277 g/mol. The van der Waals surface area contributed by atoms with Crippen molar-refractivity contribution in [3.05, 3.63) is 34.4 Å². The lowest BCUT2D eigenvalue weighted by atomic mass is 9.89. The van der Waals surface area contributed by atoms with E-state index in [1.165, 1.54) is 5.56 Å². The van der Waals surface area contributed by atoms with Crippen LogP contribution in [-0.4, -0.2) is 17.0 Å². The van der Waals surface area contributed by atoms with Gasteiger partial charge in [0.25, 0.3) is 0 Å². The summed E-state index contributed by atoms with van der Waals surface area (Å²) in [5.41, 5.74) is 3.53. The Hall–Kier alpha value is -1.84. The van der Waals surface area contributed by atoms with Gasteiger partial charge in [-0.15, -0.1) is 0 Å². The van der Waals surface area contributed by atoms with Gasteiger partial charge < -0.3 is 10.4 Å². The number of benzene rings is 1. The summed E-state index contributed by atoms with van der Waals surface area (Å²) in [6.07, 6.45) is -0.0215. The topological polar surface area (TPSA) is 66.4 Å². The van der Waals surface area contributed by atoms with Crippen LogP contribution < -0.4 is 5.32 Å². The van der Waals surface area contributed by atoms with Gasteiger partial charge in [0.05, 0.1) is 5.41 Å². The fraction of sp³-hybridized carbons (Fsp3) is 0.500. The molecule has 110 valence electrons. The van der Waals surface area contributed by atoms with Crippen molar-refractivity contribution in [2.75, 3.05) is 0 Å². The lowest BCUT2D eigenvalue weighted by molar-refractivity contribution is -0.149. The predicted molar refractivity (Wildman–Crippen MR) is 78.5 cm³/mol. The van der Waals surface area contributed by atoms with Gasteiger partial charge in [-0.2, -0.15) is 0 Å². The molecule has 0 radical (unpaired) electrons. The maximum atomic E-state index is 11.9. The minimum absolute atomic E-state index is 0.0215. The van der Waals surface area contributed by atoms with Crippen LogP contribution in [0, 0.1) is 26.2 Å². The Kier molecular flexibility index (Phi) is 4.93. The molecule has 0 atom stereocenters. The van der Waals surface area contributed by atoms with Gasteiger partial charge in [-0.25, -0.2) is 0 Å². The van der Waals surface area contributed by atoms with Crippen molar-refractivity contribution in [3.8, 4) is 0 Å². The molecule has 4 heteroatoms. The summed E-state index contributed by atoms with van der Waals surface area (Å²) < 4.78 is 0. The lowest BCUT2D eigenvalue weighted by Crippen LogP contribution is -2.33. The van der Waals surface area contributed by atoms with Crippen LogP contribution in [0.4, 0.5) is 0 Å². The highest BCUT2D eigenvalue weighted by atomic mass is 16.4. The molecule has 0 saturated carbocycles. The van der Waals surface area contributed by atoms with Gasteiger partial charge in [0, 0.05) is 13.0 Å². The zero-order valence-corrected chi connectivity index (χ0v) is 12.8. The van der Waals surface area contributed by atoms with E-state index in [1.54, 1.807) is 13.8 Å². The summed E-state index contributed by atoms with van der Waals surface area (Å²) in [6, 6.07) is 4.16. The Balaban J connectivity index is 2.69. The zero-order valence-electron chi connectivity index (χ0n) is 12.8. The number of carbonyl (C=O) groups excluding carboxylic acids is 1. The van der Waals surface area contributed by atoms with Crippen LogP contribution in [0.25, 0.3) is 0 Å². The number of amides is 1. The van der Waals surface area contributed by atoms with Gasteiger partial charge in [-0.05, 0) is 51.3 Å². The van der Waals surface area contributed by atoms with Crippen LogP contribution in [0.2, 0.25) is 0 Å². The second-order valence-electron chi connectivity index (χ2n) is 6.02. The molecular formula is C16H23NO3. The third kappa shape index (κ3) is 4.08. The van der Waals surface area contributed by atoms with Crippen molar-refractivity contribution in [2.45, 2.75) is 47.6 Å². The fourth-order valence-electron chi connectivity index (χ4n) is 2.22. The molecule has 0 aliphatic carbocycles. The molecule has 1 rings (SSSR count). The molecule has 2 N–H and O–H groups in total. The van der Waals surface area contributed by atoms with E-state index in [4.69, 9.17) is 5.11 Å². The highest BCUT2D eigenvalue weighted by Crippen LogP contribution is 2.21. The molecule has 0 aliphatic rings. The van der Waals surface area contributed by atoms with E-state index in [0.717, 1.165) is 16.7 Å². The van der Waals surface area contributed by atoms with Crippen LogP contribution in [0.1, 0.15) is 42.5 Å². The summed E-state index contributed by atoms with van der Waals surface area (Å²) in [5.74, 6) is -1.20. The normalized spacial score (nSPS) is 11.2. The van der Waals surface area contributed by atoms with Gasteiger partial charge in [-0.1, -0.05) is 17.7 Å². The van der Waals surface area contributed by atoms with Crippen LogP contribution in [0.5, 0.6) is 0 Å². The number of carbonyl (C=O) groups is 2. The number of hydrogen-bond acceptors (Lipinski definition) is 2. The highest BCUT2D eigenvalue weighted by molar-refractivity contribution is 5.84. The van der Waals surface area contributed by atoms with Crippen LogP contribution >= 0.6 is 0 Å². The molecule has 4 nitrogen and oxygen atoms in total. The minimum atomic E-state index is -1.04. The Morgan fingerprint density at radius 3 is 2.10 bits per heavy atom. The smallest absolute Gasteiger partial charge is 0.309 e. The monoisotopic (exact) mass is 277 g/mol. The van der Waals surface area contributed by atoms with Crippen LogP contribution in [-0.2, 0) is 16.1 Å². The Labute approximate surface area is 120 Å². The molecule has 0 unspecified atom stereocenters. The minimum Gasteiger partial charge on any atom is -0.481 e. The number of carboxylic acid groups (broad SMARTS) is 1. The van der Waals surface area contributed by atoms with Crippen LogP contribution in [0.3, 0.4) is 0 Å². The number of carboxylic acids is 1. The molecule has 0 bridgehead atoms. The first-order valence-corrected chi connectivity index (χ1v) is 6.70. The molecule has 1 amide bonds. The number of rotatable bonds is 5. The quantitative estimate of drug-likeness (QED) is 0.869. The van der Waals surface area contributed by atoms with E-state index < -0.39 is 11.4 Å². The standard InChI is InChI=1S/C16H23NO3/c1-10-6-11(2)13(12(3)7-10)9-17-14(18)8-16(4,5)15(19)20/h6-7H,8-9H2,1-5H3,(H,17,18)(H,19,20). The van der Waals surface area contributed by atoms with E-state index in [0.29, 0.717) is 6.54 Å². The van der Waals surface area contributed by atoms with E-state index in [9.17, 15) is 9.59 Å². The zero-order chi connectivity index (χ0) is 15.5. The van der Waals surface area contributed by atoms with Crippen molar-refractivity contribution >= 4 is 11.9 Å². The van der Waals surface area contributed by atoms with Gasteiger partial charge >= 0.3 is 5.97 Å². The van der Waals surface area contributed by atoms with E-state index >= 15 is 0 Å². The molecular weight excluding hydrogens is 254 g/mol. The maximum absolute atomic E-state index is 11.9. The molecule has 1 aromatic carbocycles. The molecule has 0 fully saturated rings. The third-order valence-corrected chi connectivity index (χ3v) is 3.48. The molecule has 20 heavy (non-hydrogen) atoms. The summed E-state index contributed by atoms with van der Waals surface area (Å²) in [7, 11) is 0. The SMILES string of the molecule is Cc1cc(C)c(CNC(=O)CC(C)(C)C(=O)O)c(C)c1. The van der Waals surface area contributed by atoms with Crippen LogP contribution in [0.15, 0.2) is 12.1 Å². The molecule has 1 aromatic rings. The predicted octanol–water partition coefficient (Wildman–Crippen LogP) is 2.73. The molecule has 0 aromatic heterocycles. The van der Waals surface area contributed by atoms with E-state index in [2.05, 4.69) is 17.4 Å². The van der Waals surface area contributed by atoms with E-state index in [1.807, 2.05) is 20.8 Å². The van der Waals surface area contributed by atoms with Gasteiger partial charge in [-0.3, -0.25) is 9.59 Å². The number of nitrogens with one attached hydrogen (secondary N) is 1. The van der Waals surface area contributed by atoms with Gasteiger partial charge in [0.2, 0.25) is 5.91 Å². The first-order valence-electron chi connectivity index (χ1n) is 6.70. The van der Waals surface area contributed by atoms with Crippen molar-refractivity contribution in [2.24, 2.45) is 5.41 Å². The summed E-state index contributed by atoms with van der Waals surface area (Å²) in [5, 5.41) is 11.8. The Morgan fingerprint density at radius 2 is 1.65 bits per heavy atom. The lowest BCUT2D eigenvalue weighted by Gasteiger charge is -2.19. The van der Waals surface area contributed by atoms with Crippen molar-refractivity contribution in [1.82, 2.24) is 5.32 Å². The number of aryl methyl sites for hydroxylation is 3. The molecule has 0 aliphatic heterocycles. The number of aliphatic carboxylic acids is 1. The summed E-state index contributed by atoms with van der Waals surface area (Å²) in [4.78, 5) is 22.8. The first kappa shape index (κ1) is 16.2. The van der Waals surface area contributed by atoms with Gasteiger partial charge in [0.15, 0.2) is 0 Å². The Bertz CT molecular complexity index is 510. The largest absolute Gasteiger partial charge is 0.481 e. The average Bonchev–Trinajstić information content (AvgIpc) is 2.26. The second kappa shape index (κ2) is 6.07. The fourth-order valence-corrected chi connectivity index (χ4v) is 2.22.